The van der Waals surface area contributed by atoms with Crippen molar-refractivity contribution < 1.29 is 28.6 Å². The summed E-state index contributed by atoms with van der Waals surface area (Å²) in [5.74, 6) is -0.638. The molecule has 0 bridgehead atoms. The summed E-state index contributed by atoms with van der Waals surface area (Å²) >= 11 is 0. The number of likely N-dealkylation sites (tertiary alicyclic amines) is 1. The molecule has 28 heavy (non-hydrogen) atoms. The number of anilines is 1. The minimum atomic E-state index is -0.727. The number of hydrogen-bond donors (Lipinski definition) is 1. The third-order valence-corrected chi connectivity index (χ3v) is 4.86. The predicted octanol–water partition coefficient (Wildman–Crippen LogP) is 2.61. The number of piperidine rings is 1. The molecule has 0 saturated carbocycles. The Hall–Kier alpha value is -2.77. The van der Waals surface area contributed by atoms with Crippen LogP contribution in [0.1, 0.15) is 50.4 Å². The van der Waals surface area contributed by atoms with Gasteiger partial charge in [0.25, 0.3) is 5.91 Å². The second-order valence-corrected chi connectivity index (χ2v) is 6.94. The van der Waals surface area contributed by atoms with E-state index in [1.54, 1.807) is 4.90 Å². The zero-order valence-electron chi connectivity index (χ0n) is 17.0. The summed E-state index contributed by atoms with van der Waals surface area (Å²) in [7, 11) is 2.89. The van der Waals surface area contributed by atoms with Crippen LogP contribution in [0.5, 0.6) is 11.5 Å². The zero-order valence-corrected chi connectivity index (χ0v) is 17.0. The number of ether oxygens (including phenoxy) is 3. The topological polar surface area (TPSA) is 94.2 Å². The molecule has 0 radical (unpaired) electrons. The number of esters is 1. The first kappa shape index (κ1) is 21.5. The van der Waals surface area contributed by atoms with Gasteiger partial charge in [0.1, 0.15) is 0 Å². The van der Waals surface area contributed by atoms with Crippen LogP contribution < -0.4 is 14.8 Å². The highest BCUT2D eigenvalue weighted by Gasteiger charge is 2.30. The normalized spacial score (nSPS) is 19.0. The molecule has 1 fully saturated rings. The molecule has 8 heteroatoms. The Morgan fingerprint density at radius 3 is 2.18 bits per heavy atom. The van der Waals surface area contributed by atoms with Gasteiger partial charge in [0.2, 0.25) is 5.91 Å². The van der Waals surface area contributed by atoms with Gasteiger partial charge in [-0.05, 0) is 33.1 Å². The van der Waals surface area contributed by atoms with Gasteiger partial charge >= 0.3 is 5.97 Å². The van der Waals surface area contributed by atoms with Crippen LogP contribution in [-0.2, 0) is 14.3 Å². The van der Waals surface area contributed by atoms with Crippen LogP contribution in [0.25, 0.3) is 0 Å². The lowest BCUT2D eigenvalue weighted by molar-refractivity contribution is -0.140. The third kappa shape index (κ3) is 4.94. The van der Waals surface area contributed by atoms with Crippen molar-refractivity contribution >= 4 is 23.5 Å². The Labute approximate surface area is 165 Å². The summed E-state index contributed by atoms with van der Waals surface area (Å²) in [6.45, 7) is 4.97. The SMILES string of the molecule is COc1cc(NC(C)=O)c(C(=O)OCC(=O)N2C(C)CCCC2C)cc1OC. The van der Waals surface area contributed by atoms with E-state index in [-0.39, 0.29) is 41.8 Å². The lowest BCUT2D eigenvalue weighted by Crippen LogP contribution is -2.49. The second-order valence-electron chi connectivity index (χ2n) is 6.94. The molecule has 1 N–H and O–H groups in total. The molecular formula is C20H28N2O6. The number of nitrogens with zero attached hydrogens (tertiary/aromatic N) is 1. The highest BCUT2D eigenvalue weighted by atomic mass is 16.5. The van der Waals surface area contributed by atoms with Crippen LogP contribution in [0, 0.1) is 0 Å². The summed E-state index contributed by atoms with van der Waals surface area (Å²) in [6, 6.07) is 3.13. The lowest BCUT2D eigenvalue weighted by Gasteiger charge is -2.38. The molecule has 1 saturated heterocycles. The molecule has 1 aromatic rings. The predicted molar refractivity (Wildman–Crippen MR) is 104 cm³/mol. The van der Waals surface area contributed by atoms with Gasteiger partial charge in [0.15, 0.2) is 18.1 Å². The molecule has 0 spiro atoms. The highest BCUT2D eigenvalue weighted by Crippen LogP contribution is 2.34. The summed E-state index contributed by atoms with van der Waals surface area (Å²) in [5, 5.41) is 2.57. The fraction of sp³-hybridized carbons (Fsp3) is 0.550. The van der Waals surface area contributed by atoms with E-state index in [0.29, 0.717) is 11.5 Å². The molecule has 2 atom stereocenters. The maximum absolute atomic E-state index is 12.6. The average molecular weight is 392 g/mol. The summed E-state index contributed by atoms with van der Waals surface area (Å²) in [5.41, 5.74) is 0.308. The Morgan fingerprint density at radius 1 is 1.07 bits per heavy atom. The number of hydrogen-bond acceptors (Lipinski definition) is 6. The van der Waals surface area contributed by atoms with Gasteiger partial charge in [-0.3, -0.25) is 9.59 Å². The van der Waals surface area contributed by atoms with Crippen molar-refractivity contribution in [3.05, 3.63) is 17.7 Å². The molecule has 2 unspecified atom stereocenters. The molecule has 1 aromatic carbocycles. The van der Waals surface area contributed by atoms with E-state index < -0.39 is 5.97 Å². The van der Waals surface area contributed by atoms with Crippen molar-refractivity contribution in [1.29, 1.82) is 0 Å². The first-order valence-electron chi connectivity index (χ1n) is 9.30. The number of carbonyl (C=O) groups is 3. The third-order valence-electron chi connectivity index (χ3n) is 4.86. The molecule has 0 aromatic heterocycles. The number of rotatable bonds is 6. The van der Waals surface area contributed by atoms with Crippen LogP contribution in [0.15, 0.2) is 12.1 Å². The van der Waals surface area contributed by atoms with Crippen LogP contribution in [0.2, 0.25) is 0 Å². The fourth-order valence-corrected chi connectivity index (χ4v) is 3.53. The van der Waals surface area contributed by atoms with Crippen LogP contribution in [0.4, 0.5) is 5.69 Å². The van der Waals surface area contributed by atoms with Crippen molar-refractivity contribution in [2.45, 2.75) is 52.1 Å². The van der Waals surface area contributed by atoms with Crippen LogP contribution >= 0.6 is 0 Å². The molecule has 8 nitrogen and oxygen atoms in total. The van der Waals surface area contributed by atoms with Crippen molar-refractivity contribution in [1.82, 2.24) is 4.90 Å². The fourth-order valence-electron chi connectivity index (χ4n) is 3.53. The van der Waals surface area contributed by atoms with Crippen molar-refractivity contribution in [2.75, 3.05) is 26.1 Å². The Morgan fingerprint density at radius 2 is 1.64 bits per heavy atom. The van der Waals surface area contributed by atoms with E-state index >= 15 is 0 Å². The average Bonchev–Trinajstić information content (AvgIpc) is 2.65. The number of methoxy groups -OCH3 is 2. The summed E-state index contributed by atoms with van der Waals surface area (Å²) < 4.78 is 15.7. The minimum absolute atomic E-state index is 0.0837. The quantitative estimate of drug-likeness (QED) is 0.748. The van der Waals surface area contributed by atoms with E-state index in [0.717, 1.165) is 19.3 Å². The molecule has 1 aliphatic rings. The lowest BCUT2D eigenvalue weighted by atomic mass is 9.97. The van der Waals surface area contributed by atoms with Crippen LogP contribution in [-0.4, -0.2) is 55.6 Å². The van der Waals surface area contributed by atoms with E-state index in [2.05, 4.69) is 5.32 Å². The van der Waals surface area contributed by atoms with Gasteiger partial charge in [0, 0.05) is 31.1 Å². The van der Waals surface area contributed by atoms with E-state index in [4.69, 9.17) is 14.2 Å². The number of benzene rings is 1. The van der Waals surface area contributed by atoms with Gasteiger partial charge in [0.05, 0.1) is 25.5 Å². The van der Waals surface area contributed by atoms with Gasteiger partial charge in [-0.1, -0.05) is 0 Å². The molecule has 2 rings (SSSR count). The van der Waals surface area contributed by atoms with E-state index in [1.807, 2.05) is 13.8 Å². The Kier molecular flexibility index (Phi) is 7.25. The monoisotopic (exact) mass is 392 g/mol. The first-order chi connectivity index (χ1) is 13.3. The molecule has 2 amide bonds. The van der Waals surface area contributed by atoms with Crippen molar-refractivity contribution in [3.8, 4) is 11.5 Å². The number of carbonyl (C=O) groups excluding carboxylic acids is 3. The molecule has 1 heterocycles. The van der Waals surface area contributed by atoms with Gasteiger partial charge < -0.3 is 24.4 Å². The van der Waals surface area contributed by atoms with Gasteiger partial charge in [-0.2, -0.15) is 0 Å². The molecule has 0 aliphatic carbocycles. The van der Waals surface area contributed by atoms with E-state index in [1.165, 1.54) is 33.3 Å². The number of amides is 2. The largest absolute Gasteiger partial charge is 0.493 e. The molecular weight excluding hydrogens is 364 g/mol. The van der Waals surface area contributed by atoms with Crippen molar-refractivity contribution in [3.63, 3.8) is 0 Å². The Bertz CT molecular complexity index is 738. The van der Waals surface area contributed by atoms with Gasteiger partial charge in [-0.25, -0.2) is 4.79 Å². The van der Waals surface area contributed by atoms with Crippen LogP contribution in [0.3, 0.4) is 0 Å². The summed E-state index contributed by atoms with van der Waals surface area (Å²) in [6.07, 6.45) is 2.95. The Balaban J connectivity index is 2.18. The first-order valence-corrected chi connectivity index (χ1v) is 9.30. The molecule has 154 valence electrons. The zero-order chi connectivity index (χ0) is 20.8. The summed E-state index contributed by atoms with van der Waals surface area (Å²) in [4.78, 5) is 38.5. The number of nitrogens with one attached hydrogen (secondary N) is 1. The standard InChI is InChI=1S/C20H28N2O6/c1-12-7-6-8-13(2)22(12)19(24)11-28-20(25)15-9-17(26-4)18(27-5)10-16(15)21-14(3)23/h9-10,12-13H,6-8,11H2,1-5H3,(H,21,23). The minimum Gasteiger partial charge on any atom is -0.493 e. The highest BCUT2D eigenvalue weighted by molar-refractivity contribution is 6.02. The van der Waals surface area contributed by atoms with E-state index in [9.17, 15) is 14.4 Å². The maximum atomic E-state index is 12.6. The second kappa shape index (κ2) is 9.43. The smallest absolute Gasteiger partial charge is 0.340 e. The molecule has 1 aliphatic heterocycles. The van der Waals surface area contributed by atoms with Gasteiger partial charge in [-0.15, -0.1) is 0 Å². The van der Waals surface area contributed by atoms with Crippen molar-refractivity contribution in [2.24, 2.45) is 0 Å². The maximum Gasteiger partial charge on any atom is 0.340 e.